The van der Waals surface area contributed by atoms with Crippen molar-refractivity contribution in [1.29, 1.82) is 0 Å². The highest BCUT2D eigenvalue weighted by atomic mass is 16.5. The lowest BCUT2D eigenvalue weighted by Crippen LogP contribution is -2.41. The van der Waals surface area contributed by atoms with Crippen LogP contribution in [0.5, 0.6) is 0 Å². The number of carbonyl (C=O) groups excluding carboxylic acids is 1. The molecule has 0 aromatic carbocycles. The summed E-state index contributed by atoms with van der Waals surface area (Å²) in [5, 5.41) is 7.17. The lowest BCUT2D eigenvalue weighted by atomic mass is 9.95. The summed E-state index contributed by atoms with van der Waals surface area (Å²) in [6.07, 6.45) is 5.63. The van der Waals surface area contributed by atoms with Crippen molar-refractivity contribution < 1.29 is 9.53 Å². The van der Waals surface area contributed by atoms with Crippen molar-refractivity contribution in [1.82, 2.24) is 25.1 Å². The first-order valence-corrected chi connectivity index (χ1v) is 8.20. The standard InChI is InChI=1S/C17H23N5O2/c1-11-17(12(2)21-20-11)15-8-18-14(7-19-15)13-5-4-6-22(9-13)16(23)10-24-3/h7-8,13H,4-6,9-10H2,1-3H3,(H,20,21). The van der Waals surface area contributed by atoms with Gasteiger partial charge in [0.25, 0.3) is 0 Å². The van der Waals surface area contributed by atoms with Gasteiger partial charge in [0.1, 0.15) is 6.61 Å². The number of aromatic nitrogens is 4. The van der Waals surface area contributed by atoms with Gasteiger partial charge in [-0.1, -0.05) is 0 Å². The number of hydrogen-bond donors (Lipinski definition) is 1. The van der Waals surface area contributed by atoms with E-state index in [-0.39, 0.29) is 18.4 Å². The molecule has 7 heteroatoms. The molecule has 0 spiro atoms. The van der Waals surface area contributed by atoms with Gasteiger partial charge in [-0.25, -0.2) is 0 Å². The van der Waals surface area contributed by atoms with Gasteiger partial charge in [-0.05, 0) is 26.7 Å². The van der Waals surface area contributed by atoms with E-state index >= 15 is 0 Å². The van der Waals surface area contributed by atoms with E-state index < -0.39 is 0 Å². The first kappa shape index (κ1) is 16.6. The van der Waals surface area contributed by atoms with Crippen LogP contribution >= 0.6 is 0 Å². The predicted octanol–water partition coefficient (Wildman–Crippen LogP) is 1.84. The van der Waals surface area contributed by atoms with Gasteiger partial charge in [-0.2, -0.15) is 5.10 Å². The highest BCUT2D eigenvalue weighted by Crippen LogP contribution is 2.27. The second-order valence-corrected chi connectivity index (χ2v) is 6.25. The topological polar surface area (TPSA) is 84.0 Å². The molecule has 1 unspecified atom stereocenters. The Labute approximate surface area is 141 Å². The molecular weight excluding hydrogens is 306 g/mol. The summed E-state index contributed by atoms with van der Waals surface area (Å²) in [4.78, 5) is 23.1. The van der Waals surface area contributed by atoms with Gasteiger partial charge >= 0.3 is 0 Å². The van der Waals surface area contributed by atoms with Crippen LogP contribution in [0.4, 0.5) is 0 Å². The number of H-pyrrole nitrogens is 1. The highest BCUT2D eigenvalue weighted by Gasteiger charge is 2.25. The number of piperidine rings is 1. The Morgan fingerprint density at radius 1 is 1.38 bits per heavy atom. The maximum Gasteiger partial charge on any atom is 0.248 e. The van der Waals surface area contributed by atoms with E-state index in [9.17, 15) is 4.79 Å². The molecule has 2 aromatic rings. The van der Waals surface area contributed by atoms with Crippen molar-refractivity contribution in [3.05, 3.63) is 29.5 Å². The number of carbonyl (C=O) groups is 1. The Morgan fingerprint density at radius 2 is 2.21 bits per heavy atom. The molecular formula is C17H23N5O2. The minimum atomic E-state index is 0.0384. The van der Waals surface area contributed by atoms with Crippen molar-refractivity contribution in [2.75, 3.05) is 26.8 Å². The number of methoxy groups -OCH3 is 1. The van der Waals surface area contributed by atoms with E-state index in [0.717, 1.165) is 47.7 Å². The number of amides is 1. The molecule has 1 fully saturated rings. The molecule has 1 N–H and O–H groups in total. The number of nitrogens with zero attached hydrogens (tertiary/aromatic N) is 4. The second kappa shape index (κ2) is 7.09. The molecule has 24 heavy (non-hydrogen) atoms. The van der Waals surface area contributed by atoms with Crippen molar-refractivity contribution in [2.45, 2.75) is 32.6 Å². The smallest absolute Gasteiger partial charge is 0.248 e. The van der Waals surface area contributed by atoms with Gasteiger partial charge in [0.05, 0.1) is 23.3 Å². The Morgan fingerprint density at radius 3 is 2.83 bits per heavy atom. The largest absolute Gasteiger partial charge is 0.375 e. The summed E-state index contributed by atoms with van der Waals surface area (Å²) in [5.74, 6) is 0.268. The van der Waals surface area contributed by atoms with Crippen molar-refractivity contribution in [3.63, 3.8) is 0 Å². The average molecular weight is 329 g/mol. The molecule has 1 amide bonds. The fourth-order valence-electron chi connectivity index (χ4n) is 3.27. The summed E-state index contributed by atoms with van der Waals surface area (Å²) in [7, 11) is 1.55. The Kier molecular flexibility index (Phi) is 4.89. The maximum atomic E-state index is 12.0. The summed E-state index contributed by atoms with van der Waals surface area (Å²) >= 11 is 0. The first-order chi connectivity index (χ1) is 11.6. The summed E-state index contributed by atoms with van der Waals surface area (Å²) in [5.41, 5.74) is 4.68. The Bertz CT molecular complexity index is 691. The van der Waals surface area contributed by atoms with Gasteiger partial charge < -0.3 is 9.64 Å². The molecule has 1 aliphatic heterocycles. The number of aromatic amines is 1. The molecule has 2 aromatic heterocycles. The number of nitrogens with one attached hydrogen (secondary N) is 1. The van der Waals surface area contributed by atoms with Gasteiger partial charge in [-0.3, -0.25) is 19.9 Å². The number of aryl methyl sites for hydroxylation is 2. The second-order valence-electron chi connectivity index (χ2n) is 6.25. The van der Waals surface area contributed by atoms with E-state index in [1.807, 2.05) is 24.9 Å². The zero-order chi connectivity index (χ0) is 17.1. The van der Waals surface area contributed by atoms with Crippen LogP contribution in [-0.4, -0.2) is 57.8 Å². The third-order valence-corrected chi connectivity index (χ3v) is 4.52. The molecule has 3 rings (SSSR count). The number of likely N-dealkylation sites (tertiary alicyclic amines) is 1. The molecule has 0 aliphatic carbocycles. The van der Waals surface area contributed by atoms with Gasteiger partial charge in [-0.15, -0.1) is 0 Å². The lowest BCUT2D eigenvalue weighted by molar-refractivity contribution is -0.136. The summed E-state index contributed by atoms with van der Waals surface area (Å²) in [6.45, 7) is 5.54. The van der Waals surface area contributed by atoms with E-state index in [0.29, 0.717) is 6.54 Å². The van der Waals surface area contributed by atoms with Gasteiger partial charge in [0.15, 0.2) is 0 Å². The van der Waals surface area contributed by atoms with E-state index in [1.165, 1.54) is 0 Å². The molecule has 3 heterocycles. The molecule has 0 bridgehead atoms. The molecule has 0 radical (unpaired) electrons. The Balaban J connectivity index is 1.75. The summed E-state index contributed by atoms with van der Waals surface area (Å²) in [6, 6.07) is 0. The fourth-order valence-corrected chi connectivity index (χ4v) is 3.27. The zero-order valence-corrected chi connectivity index (χ0v) is 14.4. The minimum Gasteiger partial charge on any atom is -0.375 e. The van der Waals surface area contributed by atoms with Crippen LogP contribution in [0.25, 0.3) is 11.3 Å². The maximum absolute atomic E-state index is 12.0. The van der Waals surface area contributed by atoms with E-state index in [2.05, 4.69) is 20.2 Å². The van der Waals surface area contributed by atoms with Crippen LogP contribution in [-0.2, 0) is 9.53 Å². The van der Waals surface area contributed by atoms with Crippen LogP contribution in [0.1, 0.15) is 35.8 Å². The average Bonchev–Trinajstić information content (AvgIpc) is 2.94. The minimum absolute atomic E-state index is 0.0384. The molecule has 1 saturated heterocycles. The summed E-state index contributed by atoms with van der Waals surface area (Å²) < 4.78 is 4.95. The zero-order valence-electron chi connectivity index (χ0n) is 14.4. The Hall–Kier alpha value is -2.28. The molecule has 1 aliphatic rings. The van der Waals surface area contributed by atoms with E-state index in [4.69, 9.17) is 4.74 Å². The van der Waals surface area contributed by atoms with Crippen molar-refractivity contribution in [3.8, 4) is 11.3 Å². The number of rotatable bonds is 4. The monoisotopic (exact) mass is 329 g/mol. The van der Waals surface area contributed by atoms with Crippen LogP contribution < -0.4 is 0 Å². The molecule has 7 nitrogen and oxygen atoms in total. The SMILES string of the molecule is COCC(=O)N1CCCC(c2cnc(-c3c(C)n[nH]c3C)cn2)C1. The van der Waals surface area contributed by atoms with Gasteiger partial charge in [0, 0.05) is 43.6 Å². The van der Waals surface area contributed by atoms with Gasteiger partial charge in [0.2, 0.25) is 5.91 Å². The quantitative estimate of drug-likeness (QED) is 0.925. The normalized spacial score (nSPS) is 18.0. The first-order valence-electron chi connectivity index (χ1n) is 8.20. The van der Waals surface area contributed by atoms with Crippen molar-refractivity contribution in [2.24, 2.45) is 0 Å². The van der Waals surface area contributed by atoms with Crippen LogP contribution in [0.2, 0.25) is 0 Å². The third-order valence-electron chi connectivity index (χ3n) is 4.52. The van der Waals surface area contributed by atoms with E-state index in [1.54, 1.807) is 13.3 Å². The predicted molar refractivity (Wildman–Crippen MR) is 89.5 cm³/mol. The molecule has 128 valence electrons. The fraction of sp³-hybridized carbons (Fsp3) is 0.529. The van der Waals surface area contributed by atoms with Crippen LogP contribution in [0.15, 0.2) is 12.4 Å². The number of ether oxygens (including phenoxy) is 1. The van der Waals surface area contributed by atoms with Crippen LogP contribution in [0, 0.1) is 13.8 Å². The highest BCUT2D eigenvalue weighted by molar-refractivity contribution is 5.77. The number of hydrogen-bond acceptors (Lipinski definition) is 5. The van der Waals surface area contributed by atoms with Crippen molar-refractivity contribution >= 4 is 5.91 Å². The lowest BCUT2D eigenvalue weighted by Gasteiger charge is -2.32. The third kappa shape index (κ3) is 3.31. The molecule has 1 atom stereocenters. The molecule has 0 saturated carbocycles. The van der Waals surface area contributed by atoms with Crippen LogP contribution in [0.3, 0.4) is 0 Å².